The van der Waals surface area contributed by atoms with Crippen LogP contribution in [0.2, 0.25) is 0 Å². The van der Waals surface area contributed by atoms with Gasteiger partial charge in [-0.2, -0.15) is 0 Å². The predicted octanol–water partition coefficient (Wildman–Crippen LogP) is 20.8. The zero-order chi connectivity index (χ0) is 51.3. The lowest BCUT2D eigenvalue weighted by Gasteiger charge is -2.20. The van der Waals surface area contributed by atoms with Crippen LogP contribution in [-0.2, 0) is 0 Å². The maximum Gasteiger partial charge on any atom is 0.0620 e. The molecule has 16 rings (SSSR count). The standard InChI is InChI=1S/C76H48N2/c1-7-23-49(24-8-1)57-43-45-67(61-37-21-19-35-59(57)61)77-73(53-31-15-5-16-32-53)71(51-27-11-3-12-28-51)65-47-55-40-42-64-70-56(39-41-63(69(55)70)75(65)77)48-66-72(52-29-13-4-14-30-52)74(54-33-17-6-18-34-54)78(76(64)66)68-46-44-58(50-25-9-2-10-26-50)60-36-20-22-38-62(60)68/h1-48H. The van der Waals surface area contributed by atoms with E-state index in [2.05, 4.69) is 300 Å². The first kappa shape index (κ1) is 44.1. The Morgan fingerprint density at radius 2 is 0.513 bits per heavy atom. The van der Waals surface area contributed by atoms with Crippen molar-refractivity contribution in [3.63, 3.8) is 0 Å². The summed E-state index contributed by atoms with van der Waals surface area (Å²) in [7, 11) is 0. The highest BCUT2D eigenvalue weighted by Crippen LogP contribution is 2.53. The molecule has 0 bridgehead atoms. The van der Waals surface area contributed by atoms with Crippen LogP contribution in [0.3, 0.4) is 0 Å². The van der Waals surface area contributed by atoms with Crippen molar-refractivity contribution >= 4 is 75.7 Å². The fourth-order valence-corrected chi connectivity index (χ4v) is 13.2. The summed E-state index contributed by atoms with van der Waals surface area (Å²) < 4.78 is 5.21. The van der Waals surface area contributed by atoms with Crippen molar-refractivity contribution in [3.05, 3.63) is 291 Å². The van der Waals surface area contributed by atoms with E-state index in [4.69, 9.17) is 0 Å². The minimum atomic E-state index is 1.15. The molecule has 0 saturated heterocycles. The fourth-order valence-electron chi connectivity index (χ4n) is 13.2. The fraction of sp³-hybridized carbons (Fsp3) is 0. The highest BCUT2D eigenvalue weighted by atomic mass is 15.0. The largest absolute Gasteiger partial charge is 0.307 e. The molecule has 0 radical (unpaired) electrons. The van der Waals surface area contributed by atoms with Gasteiger partial charge in [-0.15, -0.1) is 0 Å². The van der Waals surface area contributed by atoms with Gasteiger partial charge in [-0.3, -0.25) is 0 Å². The third-order valence-electron chi connectivity index (χ3n) is 16.4. The first-order valence-corrected chi connectivity index (χ1v) is 27.0. The molecule has 0 fully saturated rings. The van der Waals surface area contributed by atoms with Gasteiger partial charge in [0.25, 0.3) is 0 Å². The molecule has 0 N–H and O–H groups in total. The lowest BCUT2D eigenvalue weighted by Crippen LogP contribution is -2.01. The van der Waals surface area contributed by atoms with Gasteiger partial charge in [0.15, 0.2) is 0 Å². The van der Waals surface area contributed by atoms with E-state index in [1.165, 1.54) is 132 Å². The summed E-state index contributed by atoms with van der Waals surface area (Å²) in [5, 5.41) is 14.7. The Morgan fingerprint density at radius 1 is 0.205 bits per heavy atom. The molecule has 78 heavy (non-hydrogen) atoms. The van der Waals surface area contributed by atoms with Crippen molar-refractivity contribution in [2.45, 2.75) is 0 Å². The Labute approximate surface area is 451 Å². The molecule has 362 valence electrons. The molecule has 14 aromatic carbocycles. The second-order valence-electron chi connectivity index (χ2n) is 20.6. The van der Waals surface area contributed by atoms with Crippen LogP contribution in [-0.4, -0.2) is 9.13 Å². The summed E-state index contributed by atoms with van der Waals surface area (Å²) >= 11 is 0. The van der Waals surface area contributed by atoms with E-state index < -0.39 is 0 Å². The van der Waals surface area contributed by atoms with Crippen molar-refractivity contribution in [2.24, 2.45) is 0 Å². The van der Waals surface area contributed by atoms with Crippen molar-refractivity contribution < 1.29 is 0 Å². The van der Waals surface area contributed by atoms with Gasteiger partial charge in [-0.05, 0) is 101 Å². The quantitative estimate of drug-likeness (QED) is 0.134. The molecule has 2 aromatic heterocycles. The Hall–Kier alpha value is -10.3. The molecule has 0 atom stereocenters. The SMILES string of the molecule is c1ccc(-c2ccc(-n3c(-c4ccccc4)c(-c4ccccc4)c4cc5ccc6c7c(ccc(c57)c43)cc3c(-c4ccccc4)c(-c4ccccc4)n(-c4ccc(-c5ccccc5)c5ccccc45)c36)c3ccccc23)cc1. The lowest BCUT2D eigenvalue weighted by atomic mass is 9.89. The van der Waals surface area contributed by atoms with Crippen LogP contribution in [0.5, 0.6) is 0 Å². The molecule has 0 amide bonds. The van der Waals surface area contributed by atoms with E-state index in [9.17, 15) is 0 Å². The van der Waals surface area contributed by atoms with Crippen molar-refractivity contribution in [2.75, 3.05) is 0 Å². The molecule has 2 nitrogen and oxygen atoms in total. The van der Waals surface area contributed by atoms with Crippen LogP contribution in [0, 0.1) is 0 Å². The summed E-state index contributed by atoms with van der Waals surface area (Å²) in [4.78, 5) is 0. The maximum absolute atomic E-state index is 2.61. The molecule has 2 heterocycles. The molecule has 16 aromatic rings. The van der Waals surface area contributed by atoms with Gasteiger partial charge in [-0.1, -0.05) is 267 Å². The minimum absolute atomic E-state index is 1.15. The Morgan fingerprint density at radius 3 is 0.872 bits per heavy atom. The average molecular weight is 989 g/mol. The Bertz CT molecular complexity index is 4640. The van der Waals surface area contributed by atoms with Crippen LogP contribution in [0.25, 0.3) is 154 Å². The molecule has 0 saturated carbocycles. The van der Waals surface area contributed by atoms with Crippen LogP contribution in [0.1, 0.15) is 0 Å². The lowest BCUT2D eigenvalue weighted by molar-refractivity contribution is 1.16. The second-order valence-corrected chi connectivity index (χ2v) is 20.6. The number of benzene rings is 14. The molecule has 0 aliphatic heterocycles. The van der Waals surface area contributed by atoms with Crippen molar-refractivity contribution in [1.82, 2.24) is 9.13 Å². The Kier molecular flexibility index (Phi) is 9.98. The normalized spacial score (nSPS) is 11.8. The van der Waals surface area contributed by atoms with Gasteiger partial charge in [0.05, 0.1) is 33.8 Å². The molecule has 2 heteroatoms. The zero-order valence-electron chi connectivity index (χ0n) is 42.6. The summed E-state index contributed by atoms with van der Waals surface area (Å²) in [5.74, 6) is 0. The minimum Gasteiger partial charge on any atom is -0.307 e. The number of rotatable bonds is 8. The van der Waals surface area contributed by atoms with Crippen LogP contribution in [0.15, 0.2) is 291 Å². The predicted molar refractivity (Wildman–Crippen MR) is 331 cm³/mol. The highest BCUT2D eigenvalue weighted by Gasteiger charge is 2.29. The van der Waals surface area contributed by atoms with Gasteiger partial charge in [0.2, 0.25) is 0 Å². The van der Waals surface area contributed by atoms with E-state index in [0.717, 1.165) is 22.5 Å². The second kappa shape index (κ2) is 17.7. The first-order valence-electron chi connectivity index (χ1n) is 27.0. The van der Waals surface area contributed by atoms with E-state index in [-0.39, 0.29) is 0 Å². The van der Waals surface area contributed by atoms with Crippen LogP contribution >= 0.6 is 0 Å². The van der Waals surface area contributed by atoms with Gasteiger partial charge in [-0.25, -0.2) is 0 Å². The van der Waals surface area contributed by atoms with Gasteiger partial charge < -0.3 is 9.13 Å². The third-order valence-corrected chi connectivity index (χ3v) is 16.4. The third kappa shape index (κ3) is 6.63. The summed E-state index contributed by atoms with van der Waals surface area (Å²) in [6.45, 7) is 0. The van der Waals surface area contributed by atoms with Crippen LogP contribution < -0.4 is 0 Å². The van der Waals surface area contributed by atoms with Crippen LogP contribution in [0.4, 0.5) is 0 Å². The summed E-state index contributed by atoms with van der Waals surface area (Å²) in [5.41, 5.74) is 19.0. The Balaban J connectivity index is 1.09. The number of hydrogen-bond donors (Lipinski definition) is 0. The maximum atomic E-state index is 2.61. The molecule has 0 unspecified atom stereocenters. The van der Waals surface area contributed by atoms with Crippen molar-refractivity contribution in [1.29, 1.82) is 0 Å². The summed E-state index contributed by atoms with van der Waals surface area (Å²) in [6.07, 6.45) is 0. The monoisotopic (exact) mass is 988 g/mol. The van der Waals surface area contributed by atoms with E-state index in [1.807, 2.05) is 0 Å². The highest BCUT2D eigenvalue weighted by molar-refractivity contribution is 6.35. The van der Waals surface area contributed by atoms with E-state index in [1.54, 1.807) is 0 Å². The molecule has 0 aliphatic rings. The number of fused-ring (bicyclic) bond motifs is 6. The number of nitrogens with zero attached hydrogens (tertiary/aromatic N) is 2. The summed E-state index contributed by atoms with van der Waals surface area (Å²) in [6, 6.07) is 108. The molecule has 0 spiro atoms. The smallest absolute Gasteiger partial charge is 0.0620 e. The van der Waals surface area contributed by atoms with Gasteiger partial charge in [0.1, 0.15) is 0 Å². The number of hydrogen-bond acceptors (Lipinski definition) is 0. The van der Waals surface area contributed by atoms with E-state index >= 15 is 0 Å². The van der Waals surface area contributed by atoms with E-state index in [0.29, 0.717) is 0 Å². The zero-order valence-corrected chi connectivity index (χ0v) is 42.6. The van der Waals surface area contributed by atoms with Crippen molar-refractivity contribution in [3.8, 4) is 78.4 Å². The first-order chi connectivity index (χ1) is 38.8. The topological polar surface area (TPSA) is 9.86 Å². The molecular formula is C76H48N2. The van der Waals surface area contributed by atoms with Gasteiger partial charge in [0, 0.05) is 43.4 Å². The average Bonchev–Trinajstić information content (AvgIpc) is 4.21. The van der Waals surface area contributed by atoms with Gasteiger partial charge >= 0.3 is 0 Å². The molecule has 0 aliphatic carbocycles. The number of aromatic nitrogens is 2. The molecular weight excluding hydrogens is 941 g/mol.